The smallest absolute Gasteiger partial charge is 0.183 e. The van der Waals surface area contributed by atoms with Gasteiger partial charge in [0.1, 0.15) is 5.75 Å². The molecule has 0 radical (unpaired) electrons. The fraction of sp³-hybridized carbons (Fsp3) is 0.300. The second-order valence-corrected chi connectivity index (χ2v) is 3.41. The molecule has 0 amide bonds. The predicted octanol–water partition coefficient (Wildman–Crippen LogP) is 0.851. The Morgan fingerprint density at radius 1 is 1.67 bits per heavy atom. The van der Waals surface area contributed by atoms with Gasteiger partial charge in [0.15, 0.2) is 5.78 Å². The first-order chi connectivity index (χ1) is 7.10. The van der Waals surface area contributed by atoms with Gasteiger partial charge in [-0.2, -0.15) is 0 Å². The third-order valence-electron chi connectivity index (χ3n) is 1.98. The van der Waals surface area contributed by atoms with Crippen LogP contribution in [-0.4, -0.2) is 30.6 Å². The number of carbonyl (C=O) groups excluding carboxylic acids is 1. The summed E-state index contributed by atoms with van der Waals surface area (Å²) in [5.74, 6) is 0.180. The zero-order chi connectivity index (χ0) is 11.4. The van der Waals surface area contributed by atoms with Crippen LogP contribution in [0.3, 0.4) is 0 Å². The number of hydrogen-bond donors (Lipinski definition) is 2. The van der Waals surface area contributed by atoms with E-state index in [1.807, 2.05) is 0 Å². The van der Waals surface area contributed by atoms with Crippen molar-refractivity contribution in [3.63, 3.8) is 0 Å². The summed E-state index contributed by atoms with van der Waals surface area (Å²) in [5.41, 5.74) is 5.69. The van der Waals surface area contributed by atoms with Gasteiger partial charge >= 0.3 is 0 Å². The summed E-state index contributed by atoms with van der Waals surface area (Å²) >= 11 is 5.87. The molecule has 1 aromatic rings. The third-order valence-corrected chi connectivity index (χ3v) is 2.29. The zero-order valence-electron chi connectivity index (χ0n) is 8.24. The van der Waals surface area contributed by atoms with E-state index >= 15 is 0 Å². The Morgan fingerprint density at radius 3 is 2.80 bits per heavy atom. The Bertz CT molecular complexity index is 368. The monoisotopic (exact) mass is 229 g/mol. The highest BCUT2D eigenvalue weighted by Gasteiger charge is 2.17. The molecule has 0 saturated heterocycles. The van der Waals surface area contributed by atoms with Gasteiger partial charge in [-0.05, 0) is 18.2 Å². The van der Waals surface area contributed by atoms with Crippen LogP contribution in [0.1, 0.15) is 10.4 Å². The molecule has 4 nitrogen and oxygen atoms in total. The van der Waals surface area contributed by atoms with E-state index in [-0.39, 0.29) is 10.8 Å². The van der Waals surface area contributed by atoms with E-state index in [4.69, 9.17) is 27.2 Å². The van der Waals surface area contributed by atoms with Gasteiger partial charge < -0.3 is 15.6 Å². The summed E-state index contributed by atoms with van der Waals surface area (Å²) in [4.78, 5) is 11.6. The normalized spacial score (nSPS) is 12.3. The molecule has 15 heavy (non-hydrogen) atoms. The minimum absolute atomic E-state index is 0.267. The maximum atomic E-state index is 11.6. The van der Waals surface area contributed by atoms with Gasteiger partial charge in [0.25, 0.3) is 0 Å². The van der Waals surface area contributed by atoms with Gasteiger partial charge in [0.05, 0.1) is 24.8 Å². The van der Waals surface area contributed by atoms with E-state index in [1.54, 1.807) is 6.07 Å². The van der Waals surface area contributed by atoms with E-state index in [0.717, 1.165) is 0 Å². The van der Waals surface area contributed by atoms with E-state index < -0.39 is 12.6 Å². The fourth-order valence-electron chi connectivity index (χ4n) is 1.11. The molecule has 0 bridgehead atoms. The summed E-state index contributed by atoms with van der Waals surface area (Å²) in [5, 5.41) is 9.01. The molecule has 0 aliphatic heterocycles. The average molecular weight is 230 g/mol. The summed E-state index contributed by atoms with van der Waals surface area (Å²) in [6.07, 6.45) is 0. The standard InChI is InChI=1S/C10H12ClNO3/c1-15-6-2-3-7(8(11)4-6)10(14)9(12)5-13/h2-4,9,13H,5,12H2,1H3. The minimum atomic E-state index is -0.934. The lowest BCUT2D eigenvalue weighted by Crippen LogP contribution is -2.34. The van der Waals surface area contributed by atoms with Gasteiger partial charge in [-0.3, -0.25) is 4.79 Å². The first-order valence-electron chi connectivity index (χ1n) is 4.34. The number of benzene rings is 1. The Hall–Kier alpha value is -1.10. The Labute approximate surface area is 92.6 Å². The van der Waals surface area contributed by atoms with Crippen molar-refractivity contribution in [1.29, 1.82) is 0 Å². The van der Waals surface area contributed by atoms with Crippen molar-refractivity contribution in [2.45, 2.75) is 6.04 Å². The van der Waals surface area contributed by atoms with Crippen LogP contribution in [0.25, 0.3) is 0 Å². The highest BCUT2D eigenvalue weighted by Crippen LogP contribution is 2.23. The van der Waals surface area contributed by atoms with Crippen molar-refractivity contribution in [3.05, 3.63) is 28.8 Å². The van der Waals surface area contributed by atoms with Crippen molar-refractivity contribution in [2.75, 3.05) is 13.7 Å². The largest absolute Gasteiger partial charge is 0.497 e. The number of ketones is 1. The summed E-state index contributed by atoms with van der Waals surface area (Å²) in [7, 11) is 1.51. The van der Waals surface area contributed by atoms with Crippen LogP contribution in [0.15, 0.2) is 18.2 Å². The summed E-state index contributed by atoms with van der Waals surface area (Å²) < 4.78 is 4.94. The molecule has 1 unspecified atom stereocenters. The molecule has 5 heteroatoms. The van der Waals surface area contributed by atoms with Crippen molar-refractivity contribution in [3.8, 4) is 5.75 Å². The SMILES string of the molecule is COc1ccc(C(=O)C(N)CO)c(Cl)c1. The summed E-state index contributed by atoms with van der Waals surface area (Å²) in [6, 6.07) is 3.73. The maximum Gasteiger partial charge on any atom is 0.183 e. The number of halogens is 1. The van der Waals surface area contributed by atoms with Crippen LogP contribution < -0.4 is 10.5 Å². The van der Waals surface area contributed by atoms with Crippen LogP contribution in [-0.2, 0) is 0 Å². The molecule has 0 fully saturated rings. The van der Waals surface area contributed by atoms with E-state index in [0.29, 0.717) is 11.3 Å². The average Bonchev–Trinajstić information content (AvgIpc) is 2.26. The Morgan fingerprint density at radius 2 is 2.33 bits per heavy atom. The number of Topliss-reactive ketones (excluding diaryl/α,β-unsaturated/α-hetero) is 1. The van der Waals surface area contributed by atoms with Gasteiger partial charge in [0.2, 0.25) is 0 Å². The van der Waals surface area contributed by atoms with Crippen LogP contribution >= 0.6 is 11.6 Å². The van der Waals surface area contributed by atoms with Gasteiger partial charge in [-0.15, -0.1) is 0 Å². The van der Waals surface area contributed by atoms with Gasteiger partial charge in [-0.1, -0.05) is 11.6 Å². The van der Waals surface area contributed by atoms with Crippen LogP contribution in [0.4, 0.5) is 0 Å². The van der Waals surface area contributed by atoms with Crippen LogP contribution in [0.2, 0.25) is 5.02 Å². The minimum Gasteiger partial charge on any atom is -0.497 e. The lowest BCUT2D eigenvalue weighted by molar-refractivity contribution is 0.0925. The van der Waals surface area contributed by atoms with E-state index in [9.17, 15) is 4.79 Å². The number of rotatable bonds is 4. The molecular formula is C10H12ClNO3. The molecule has 3 N–H and O–H groups in total. The Kier molecular flexibility index (Phi) is 4.08. The molecule has 0 aliphatic carbocycles. The van der Waals surface area contributed by atoms with Gasteiger partial charge in [0, 0.05) is 5.56 Å². The lowest BCUT2D eigenvalue weighted by atomic mass is 10.1. The number of nitrogens with two attached hydrogens (primary N) is 1. The second kappa shape index (κ2) is 5.11. The molecule has 1 aromatic carbocycles. The Balaban J connectivity index is 3.00. The van der Waals surface area contributed by atoms with Gasteiger partial charge in [-0.25, -0.2) is 0 Å². The van der Waals surface area contributed by atoms with Crippen LogP contribution in [0, 0.1) is 0 Å². The van der Waals surface area contributed by atoms with Crippen molar-refractivity contribution in [1.82, 2.24) is 0 Å². The first-order valence-corrected chi connectivity index (χ1v) is 4.72. The molecular weight excluding hydrogens is 218 g/mol. The van der Waals surface area contributed by atoms with Crippen molar-refractivity contribution in [2.24, 2.45) is 5.73 Å². The molecule has 0 aliphatic rings. The molecule has 1 rings (SSSR count). The molecule has 82 valence electrons. The predicted molar refractivity (Wildman–Crippen MR) is 57.4 cm³/mol. The molecule has 1 atom stereocenters. The zero-order valence-corrected chi connectivity index (χ0v) is 8.99. The quantitative estimate of drug-likeness (QED) is 0.751. The number of methoxy groups -OCH3 is 1. The molecule has 0 spiro atoms. The topological polar surface area (TPSA) is 72.5 Å². The highest BCUT2D eigenvalue weighted by molar-refractivity contribution is 6.34. The lowest BCUT2D eigenvalue weighted by Gasteiger charge is -2.09. The molecule has 0 saturated carbocycles. The number of hydrogen-bond acceptors (Lipinski definition) is 4. The number of carbonyl (C=O) groups is 1. The van der Waals surface area contributed by atoms with Crippen molar-refractivity contribution >= 4 is 17.4 Å². The van der Waals surface area contributed by atoms with Crippen LogP contribution in [0.5, 0.6) is 5.75 Å². The number of aliphatic hydroxyl groups is 1. The van der Waals surface area contributed by atoms with E-state index in [2.05, 4.69) is 0 Å². The highest BCUT2D eigenvalue weighted by atomic mass is 35.5. The first kappa shape index (κ1) is 12.0. The maximum absolute atomic E-state index is 11.6. The summed E-state index contributed by atoms with van der Waals surface area (Å²) in [6.45, 7) is -0.402. The number of ether oxygens (including phenoxy) is 1. The fourth-order valence-corrected chi connectivity index (χ4v) is 1.37. The van der Waals surface area contributed by atoms with E-state index in [1.165, 1.54) is 19.2 Å². The second-order valence-electron chi connectivity index (χ2n) is 3.00. The molecule has 0 aromatic heterocycles. The molecule has 0 heterocycles. The third kappa shape index (κ3) is 2.68. The number of aliphatic hydroxyl groups excluding tert-OH is 1. The van der Waals surface area contributed by atoms with Crippen molar-refractivity contribution < 1.29 is 14.6 Å².